The maximum Gasteiger partial charge on any atom is 0.0733 e. The minimum Gasteiger partial charge on any atom is -0.393 e. The number of hydrogen-bond donors (Lipinski definition) is 1. The zero-order chi connectivity index (χ0) is 11.4. The Hall–Kier alpha value is -0.150. The van der Waals surface area contributed by atoms with Crippen LogP contribution in [0.25, 0.3) is 0 Å². The van der Waals surface area contributed by atoms with E-state index in [0.29, 0.717) is 10.4 Å². The molecule has 1 heterocycles. The van der Waals surface area contributed by atoms with Gasteiger partial charge in [0.1, 0.15) is 0 Å². The Balaban J connectivity index is 1.80. The maximum absolute atomic E-state index is 5.69. The molecule has 16 heavy (non-hydrogen) atoms. The lowest BCUT2D eigenvalue weighted by Gasteiger charge is -2.28. The lowest BCUT2D eigenvalue weighted by Crippen LogP contribution is -2.34. The van der Waals surface area contributed by atoms with Crippen LogP contribution in [0.4, 0.5) is 0 Å². The molecular formula is C13H24N2S. The molecule has 1 aliphatic heterocycles. The van der Waals surface area contributed by atoms with Crippen LogP contribution >= 0.6 is 12.2 Å². The average molecular weight is 240 g/mol. The Morgan fingerprint density at radius 1 is 1.06 bits per heavy atom. The van der Waals surface area contributed by atoms with Gasteiger partial charge < -0.3 is 10.6 Å². The fraction of sp³-hybridized carbons (Fsp3) is 0.923. The molecule has 1 saturated carbocycles. The average Bonchev–Trinajstić information content (AvgIpc) is 2.89. The van der Waals surface area contributed by atoms with E-state index in [1.54, 1.807) is 0 Å². The van der Waals surface area contributed by atoms with Gasteiger partial charge in [0.05, 0.1) is 4.99 Å². The first-order valence-corrected chi connectivity index (χ1v) is 7.12. The molecular weight excluding hydrogens is 216 g/mol. The molecule has 1 aliphatic carbocycles. The number of nitrogens with two attached hydrogens (primary N) is 1. The highest BCUT2D eigenvalue weighted by atomic mass is 32.1. The number of thiocarbonyl (C=S) groups is 1. The standard InChI is InChI=1S/C13H24N2S/c14-12(16)10-13(6-7-13)11-15-8-4-2-1-3-5-9-15/h1-11H2,(H2,14,16). The van der Waals surface area contributed by atoms with Crippen LogP contribution < -0.4 is 5.73 Å². The number of rotatable bonds is 4. The molecule has 0 unspecified atom stereocenters. The zero-order valence-corrected chi connectivity index (χ0v) is 11.0. The van der Waals surface area contributed by atoms with E-state index in [1.165, 1.54) is 64.6 Å². The second kappa shape index (κ2) is 5.46. The summed E-state index contributed by atoms with van der Waals surface area (Å²) >= 11 is 5.06. The van der Waals surface area contributed by atoms with Crippen molar-refractivity contribution in [3.8, 4) is 0 Å². The molecule has 0 radical (unpaired) electrons. The number of likely N-dealkylation sites (tertiary alicyclic amines) is 1. The first-order valence-electron chi connectivity index (χ1n) is 6.71. The predicted molar refractivity (Wildman–Crippen MR) is 72.6 cm³/mol. The van der Waals surface area contributed by atoms with Crippen LogP contribution in [0.15, 0.2) is 0 Å². The lowest BCUT2D eigenvalue weighted by atomic mass is 10.0. The highest BCUT2D eigenvalue weighted by Crippen LogP contribution is 2.49. The van der Waals surface area contributed by atoms with E-state index < -0.39 is 0 Å². The summed E-state index contributed by atoms with van der Waals surface area (Å²) < 4.78 is 0. The van der Waals surface area contributed by atoms with Crippen molar-refractivity contribution in [2.24, 2.45) is 11.1 Å². The first-order chi connectivity index (χ1) is 7.70. The topological polar surface area (TPSA) is 29.3 Å². The third kappa shape index (κ3) is 3.70. The summed E-state index contributed by atoms with van der Waals surface area (Å²) in [6.45, 7) is 3.82. The summed E-state index contributed by atoms with van der Waals surface area (Å²) in [7, 11) is 0. The minimum atomic E-state index is 0.477. The Morgan fingerprint density at radius 3 is 2.12 bits per heavy atom. The Labute approximate surface area is 105 Å². The molecule has 2 rings (SSSR count). The van der Waals surface area contributed by atoms with Gasteiger partial charge in [-0.05, 0) is 44.2 Å². The summed E-state index contributed by atoms with van der Waals surface area (Å²) in [6, 6.07) is 0. The van der Waals surface area contributed by atoms with Crippen LogP contribution in [-0.2, 0) is 0 Å². The second-order valence-corrected chi connectivity index (χ2v) is 6.21. The Bertz CT molecular complexity index is 240. The summed E-state index contributed by atoms with van der Waals surface area (Å²) in [5.41, 5.74) is 6.17. The molecule has 2 N–H and O–H groups in total. The molecule has 2 aliphatic rings. The van der Waals surface area contributed by atoms with Gasteiger partial charge in [0.15, 0.2) is 0 Å². The molecule has 92 valence electrons. The van der Waals surface area contributed by atoms with Crippen LogP contribution in [0.1, 0.15) is 51.4 Å². The summed E-state index contributed by atoms with van der Waals surface area (Å²) in [6.07, 6.45) is 10.7. The van der Waals surface area contributed by atoms with Gasteiger partial charge >= 0.3 is 0 Å². The zero-order valence-electron chi connectivity index (χ0n) is 10.2. The van der Waals surface area contributed by atoms with Crippen molar-refractivity contribution in [2.75, 3.05) is 19.6 Å². The lowest BCUT2D eigenvalue weighted by molar-refractivity contribution is 0.204. The van der Waals surface area contributed by atoms with Crippen LogP contribution in [0.5, 0.6) is 0 Å². The molecule has 0 spiro atoms. The number of nitrogens with zero attached hydrogens (tertiary/aromatic N) is 1. The summed E-state index contributed by atoms with van der Waals surface area (Å²) in [4.78, 5) is 3.37. The molecule has 0 atom stereocenters. The van der Waals surface area contributed by atoms with Gasteiger partial charge in [0.25, 0.3) is 0 Å². The third-order valence-corrected chi connectivity index (χ3v) is 4.16. The molecule has 0 bridgehead atoms. The van der Waals surface area contributed by atoms with Crippen molar-refractivity contribution in [3.63, 3.8) is 0 Å². The first kappa shape index (κ1) is 12.3. The van der Waals surface area contributed by atoms with Gasteiger partial charge in [0.2, 0.25) is 0 Å². The van der Waals surface area contributed by atoms with Gasteiger partial charge in [-0.25, -0.2) is 0 Å². The minimum absolute atomic E-state index is 0.477. The van der Waals surface area contributed by atoms with Crippen LogP contribution in [0.3, 0.4) is 0 Å². The van der Waals surface area contributed by atoms with E-state index in [4.69, 9.17) is 18.0 Å². The van der Waals surface area contributed by atoms with Crippen LogP contribution in [-0.4, -0.2) is 29.5 Å². The van der Waals surface area contributed by atoms with E-state index >= 15 is 0 Å². The monoisotopic (exact) mass is 240 g/mol. The maximum atomic E-state index is 5.69. The predicted octanol–water partition coefficient (Wildman–Crippen LogP) is 2.71. The SMILES string of the molecule is NC(=S)CC1(CN2CCCCCCC2)CC1. The van der Waals surface area contributed by atoms with E-state index in [-0.39, 0.29) is 0 Å². The van der Waals surface area contributed by atoms with Gasteiger partial charge in [-0.3, -0.25) is 0 Å². The highest BCUT2D eigenvalue weighted by Gasteiger charge is 2.43. The van der Waals surface area contributed by atoms with E-state index in [1.807, 2.05) is 0 Å². The van der Waals surface area contributed by atoms with Gasteiger partial charge in [-0.2, -0.15) is 0 Å². The van der Waals surface area contributed by atoms with Gasteiger partial charge in [0, 0.05) is 13.0 Å². The molecule has 2 fully saturated rings. The molecule has 0 aromatic heterocycles. The van der Waals surface area contributed by atoms with Gasteiger partial charge in [-0.1, -0.05) is 31.5 Å². The summed E-state index contributed by atoms with van der Waals surface area (Å²) in [5.74, 6) is 0. The van der Waals surface area contributed by atoms with E-state index in [9.17, 15) is 0 Å². The van der Waals surface area contributed by atoms with Crippen molar-refractivity contribution in [2.45, 2.75) is 51.4 Å². The van der Waals surface area contributed by atoms with Crippen LogP contribution in [0.2, 0.25) is 0 Å². The van der Waals surface area contributed by atoms with Crippen LogP contribution in [0, 0.1) is 5.41 Å². The largest absolute Gasteiger partial charge is 0.393 e. The molecule has 2 nitrogen and oxygen atoms in total. The molecule has 0 aromatic rings. The molecule has 0 amide bonds. The fourth-order valence-corrected chi connectivity index (χ4v) is 3.19. The van der Waals surface area contributed by atoms with Crippen molar-refractivity contribution in [1.29, 1.82) is 0 Å². The molecule has 3 heteroatoms. The smallest absolute Gasteiger partial charge is 0.0733 e. The Morgan fingerprint density at radius 2 is 1.62 bits per heavy atom. The quantitative estimate of drug-likeness (QED) is 0.766. The molecule has 1 saturated heterocycles. The van der Waals surface area contributed by atoms with Crippen molar-refractivity contribution in [3.05, 3.63) is 0 Å². The van der Waals surface area contributed by atoms with Crippen molar-refractivity contribution in [1.82, 2.24) is 4.90 Å². The van der Waals surface area contributed by atoms with E-state index in [0.717, 1.165) is 6.42 Å². The van der Waals surface area contributed by atoms with Crippen molar-refractivity contribution >= 4 is 17.2 Å². The highest BCUT2D eigenvalue weighted by molar-refractivity contribution is 7.80. The fourth-order valence-electron chi connectivity index (χ4n) is 2.88. The number of hydrogen-bond acceptors (Lipinski definition) is 2. The summed E-state index contributed by atoms with van der Waals surface area (Å²) in [5, 5.41) is 0. The van der Waals surface area contributed by atoms with Crippen molar-refractivity contribution < 1.29 is 0 Å². The van der Waals surface area contributed by atoms with E-state index in [2.05, 4.69) is 4.90 Å². The van der Waals surface area contributed by atoms with Gasteiger partial charge in [-0.15, -0.1) is 0 Å². The third-order valence-electron chi connectivity index (χ3n) is 4.01. The normalized spacial score (nSPS) is 25.8. The Kier molecular flexibility index (Phi) is 4.20. The second-order valence-electron chi connectivity index (χ2n) is 5.69. The molecule has 0 aromatic carbocycles.